The number of anilines is 1. The lowest BCUT2D eigenvalue weighted by atomic mass is 10.4. The highest BCUT2D eigenvalue weighted by atomic mass is 35.5. The smallest absolute Gasteiger partial charge is 0.191 e. The summed E-state index contributed by atoms with van der Waals surface area (Å²) < 4.78 is 1.84. The van der Waals surface area contributed by atoms with Crippen molar-refractivity contribution in [3.05, 3.63) is 29.2 Å². The van der Waals surface area contributed by atoms with Crippen LogP contribution in [-0.4, -0.2) is 19.7 Å². The van der Waals surface area contributed by atoms with E-state index < -0.39 is 0 Å². The van der Waals surface area contributed by atoms with Crippen molar-refractivity contribution in [2.24, 2.45) is 12.9 Å². The number of hydrogen-bond acceptors (Lipinski definition) is 6. The number of aryl methyl sites for hydroxylation is 1. The van der Waals surface area contributed by atoms with Crippen molar-refractivity contribution in [2.45, 2.75) is 10.9 Å². The van der Waals surface area contributed by atoms with E-state index in [1.54, 1.807) is 18.5 Å². The number of nitrogens with zero attached hydrogens (tertiary/aromatic N) is 4. The van der Waals surface area contributed by atoms with E-state index in [4.69, 9.17) is 17.4 Å². The van der Waals surface area contributed by atoms with Crippen molar-refractivity contribution in [3.63, 3.8) is 0 Å². The first-order chi connectivity index (χ1) is 8.20. The molecule has 0 aliphatic heterocycles. The Morgan fingerprint density at radius 2 is 2.35 bits per heavy atom. The SMILES string of the molecule is Cn1cnnc1SCc1nc(NN)ccc1Cl. The summed E-state index contributed by atoms with van der Waals surface area (Å²) in [7, 11) is 1.88. The number of nitrogens with two attached hydrogens (primary N) is 1. The number of hydrogen-bond donors (Lipinski definition) is 2. The zero-order chi connectivity index (χ0) is 12.3. The zero-order valence-electron chi connectivity index (χ0n) is 9.09. The number of thioether (sulfide) groups is 1. The van der Waals surface area contributed by atoms with Gasteiger partial charge >= 0.3 is 0 Å². The van der Waals surface area contributed by atoms with Crippen LogP contribution in [0, 0.1) is 0 Å². The van der Waals surface area contributed by atoms with Crippen molar-refractivity contribution in [1.82, 2.24) is 19.7 Å². The van der Waals surface area contributed by atoms with Gasteiger partial charge in [0.2, 0.25) is 0 Å². The predicted octanol–water partition coefficient (Wildman–Crippen LogP) is 1.44. The van der Waals surface area contributed by atoms with Crippen molar-refractivity contribution in [3.8, 4) is 0 Å². The minimum absolute atomic E-state index is 0.586. The van der Waals surface area contributed by atoms with E-state index in [1.165, 1.54) is 11.8 Å². The lowest BCUT2D eigenvalue weighted by Gasteiger charge is -2.05. The maximum absolute atomic E-state index is 6.05. The third-order valence-electron chi connectivity index (χ3n) is 2.07. The summed E-state index contributed by atoms with van der Waals surface area (Å²) in [4.78, 5) is 4.27. The van der Waals surface area contributed by atoms with Gasteiger partial charge in [0.15, 0.2) is 5.16 Å². The molecule has 0 bridgehead atoms. The van der Waals surface area contributed by atoms with E-state index in [2.05, 4.69) is 20.6 Å². The molecule has 2 aromatic heterocycles. The van der Waals surface area contributed by atoms with E-state index in [0.717, 1.165) is 10.9 Å². The molecule has 0 fully saturated rings. The number of halogens is 1. The van der Waals surface area contributed by atoms with Crippen LogP contribution in [0.3, 0.4) is 0 Å². The fraction of sp³-hybridized carbons (Fsp3) is 0.222. The normalized spacial score (nSPS) is 10.5. The van der Waals surface area contributed by atoms with Gasteiger partial charge in [-0.2, -0.15) is 0 Å². The highest BCUT2D eigenvalue weighted by Crippen LogP contribution is 2.24. The minimum atomic E-state index is 0.586. The van der Waals surface area contributed by atoms with E-state index in [1.807, 2.05) is 11.6 Å². The minimum Gasteiger partial charge on any atom is -0.312 e. The Kier molecular flexibility index (Phi) is 3.82. The van der Waals surface area contributed by atoms with Crippen LogP contribution in [0.5, 0.6) is 0 Å². The Labute approximate surface area is 108 Å². The fourth-order valence-electron chi connectivity index (χ4n) is 1.20. The number of hydrazine groups is 1. The largest absolute Gasteiger partial charge is 0.312 e. The van der Waals surface area contributed by atoms with Gasteiger partial charge < -0.3 is 9.99 Å². The molecule has 0 unspecified atom stereocenters. The Morgan fingerprint density at radius 3 is 3.00 bits per heavy atom. The molecule has 0 aliphatic rings. The standard InChI is InChI=1S/C9H11ClN6S/c1-16-5-12-15-9(16)17-4-7-6(10)2-3-8(13-7)14-11/h2-3,5H,4,11H2,1H3,(H,13,14). The molecule has 0 amide bonds. The molecule has 0 aromatic carbocycles. The van der Waals surface area contributed by atoms with E-state index in [-0.39, 0.29) is 0 Å². The van der Waals surface area contributed by atoms with Crippen LogP contribution in [-0.2, 0) is 12.8 Å². The molecule has 0 saturated carbocycles. The number of nitrogen functional groups attached to an aromatic ring is 1. The van der Waals surface area contributed by atoms with Crippen LogP contribution in [0.25, 0.3) is 0 Å². The Balaban J connectivity index is 2.11. The van der Waals surface area contributed by atoms with Crippen LogP contribution in [0.15, 0.2) is 23.6 Å². The molecule has 0 spiro atoms. The monoisotopic (exact) mass is 270 g/mol. The number of rotatable bonds is 4. The molecule has 8 heteroatoms. The van der Waals surface area contributed by atoms with Crippen LogP contribution in [0.2, 0.25) is 5.02 Å². The lowest BCUT2D eigenvalue weighted by molar-refractivity contribution is 0.788. The molecule has 3 N–H and O–H groups in total. The quantitative estimate of drug-likeness (QED) is 0.497. The third-order valence-corrected chi connectivity index (χ3v) is 3.46. The topological polar surface area (TPSA) is 81.7 Å². The molecule has 2 rings (SSSR count). The average molecular weight is 271 g/mol. The number of nitrogens with one attached hydrogen (secondary N) is 1. The summed E-state index contributed by atoms with van der Waals surface area (Å²) in [6.45, 7) is 0. The number of aromatic nitrogens is 4. The second-order valence-corrected chi connectivity index (χ2v) is 4.63. The summed E-state index contributed by atoms with van der Waals surface area (Å²) in [6.07, 6.45) is 1.65. The average Bonchev–Trinajstić information content (AvgIpc) is 2.74. The molecule has 0 saturated heterocycles. The van der Waals surface area contributed by atoms with Crippen LogP contribution < -0.4 is 11.3 Å². The summed E-state index contributed by atoms with van der Waals surface area (Å²) in [5.41, 5.74) is 3.25. The highest BCUT2D eigenvalue weighted by Gasteiger charge is 2.07. The van der Waals surface area contributed by atoms with Crippen molar-refractivity contribution >= 4 is 29.2 Å². The molecule has 6 nitrogen and oxygen atoms in total. The van der Waals surface area contributed by atoms with Gasteiger partial charge in [0.05, 0.1) is 10.7 Å². The van der Waals surface area contributed by atoms with Crippen LogP contribution in [0.4, 0.5) is 5.82 Å². The van der Waals surface area contributed by atoms with E-state index in [9.17, 15) is 0 Å². The predicted molar refractivity (Wildman–Crippen MR) is 67.6 cm³/mol. The first-order valence-corrected chi connectivity index (χ1v) is 6.16. The molecule has 0 atom stereocenters. The zero-order valence-corrected chi connectivity index (χ0v) is 10.7. The van der Waals surface area contributed by atoms with Gasteiger partial charge in [0.1, 0.15) is 12.1 Å². The molecule has 2 heterocycles. The maximum Gasteiger partial charge on any atom is 0.191 e. The van der Waals surface area contributed by atoms with Gasteiger partial charge in [-0.1, -0.05) is 23.4 Å². The second kappa shape index (κ2) is 5.35. The molecular weight excluding hydrogens is 260 g/mol. The first kappa shape index (κ1) is 12.2. The van der Waals surface area contributed by atoms with Crippen molar-refractivity contribution < 1.29 is 0 Å². The van der Waals surface area contributed by atoms with Crippen molar-refractivity contribution in [1.29, 1.82) is 0 Å². The molecule has 2 aromatic rings. The third kappa shape index (κ3) is 2.87. The highest BCUT2D eigenvalue weighted by molar-refractivity contribution is 7.98. The van der Waals surface area contributed by atoms with Gasteiger partial charge in [-0.15, -0.1) is 10.2 Å². The van der Waals surface area contributed by atoms with E-state index >= 15 is 0 Å². The molecule has 17 heavy (non-hydrogen) atoms. The molecule has 90 valence electrons. The number of pyridine rings is 1. The van der Waals surface area contributed by atoms with Gasteiger partial charge in [-0.25, -0.2) is 10.8 Å². The summed E-state index contributed by atoms with van der Waals surface area (Å²) in [5.74, 6) is 6.49. The summed E-state index contributed by atoms with van der Waals surface area (Å²) >= 11 is 7.56. The summed E-state index contributed by atoms with van der Waals surface area (Å²) in [6, 6.07) is 3.48. The Bertz CT molecular complexity index is 514. The first-order valence-electron chi connectivity index (χ1n) is 4.79. The van der Waals surface area contributed by atoms with Gasteiger partial charge in [-0.3, -0.25) is 0 Å². The molecule has 0 aliphatic carbocycles. The molecular formula is C9H11ClN6S. The van der Waals surface area contributed by atoms with Gasteiger partial charge in [-0.05, 0) is 12.1 Å². The van der Waals surface area contributed by atoms with E-state index in [0.29, 0.717) is 16.6 Å². The Hall–Kier alpha value is -1.31. The molecule has 0 radical (unpaired) electrons. The summed E-state index contributed by atoms with van der Waals surface area (Å²) in [5, 5.41) is 9.19. The van der Waals surface area contributed by atoms with Gasteiger partial charge in [0, 0.05) is 12.8 Å². The Morgan fingerprint density at radius 1 is 1.53 bits per heavy atom. The van der Waals surface area contributed by atoms with Crippen LogP contribution >= 0.6 is 23.4 Å². The maximum atomic E-state index is 6.05. The second-order valence-electron chi connectivity index (χ2n) is 3.28. The van der Waals surface area contributed by atoms with Crippen LogP contribution in [0.1, 0.15) is 5.69 Å². The van der Waals surface area contributed by atoms with Crippen molar-refractivity contribution in [2.75, 3.05) is 5.43 Å². The fourth-order valence-corrected chi connectivity index (χ4v) is 2.29. The van der Waals surface area contributed by atoms with Gasteiger partial charge in [0.25, 0.3) is 0 Å². The lowest BCUT2D eigenvalue weighted by Crippen LogP contribution is -2.09.